The molecule has 1 aliphatic rings. The monoisotopic (exact) mass is 315 g/mol. The molecule has 0 spiro atoms. The fraction of sp³-hybridized carbons (Fsp3) is 0.200. The number of benzene rings is 2. The quantitative estimate of drug-likeness (QED) is 0.542. The van der Waals surface area contributed by atoms with E-state index in [2.05, 4.69) is 58.2 Å². The third kappa shape index (κ3) is 1.99. The van der Waals surface area contributed by atoms with Crippen LogP contribution in [0.25, 0.3) is 33.8 Å². The molecule has 0 saturated carbocycles. The number of hydrogen-bond acceptors (Lipinski definition) is 3. The van der Waals surface area contributed by atoms with Crippen LogP contribution in [0.2, 0.25) is 0 Å². The van der Waals surface area contributed by atoms with Crippen LogP contribution in [0.4, 0.5) is 0 Å². The molecule has 5 rings (SSSR count). The van der Waals surface area contributed by atoms with E-state index in [0.717, 1.165) is 24.1 Å². The first-order valence-electron chi connectivity index (χ1n) is 8.31. The van der Waals surface area contributed by atoms with Crippen LogP contribution in [0.15, 0.2) is 53.1 Å². The van der Waals surface area contributed by atoms with Gasteiger partial charge in [0.25, 0.3) is 0 Å². The summed E-state index contributed by atoms with van der Waals surface area (Å²) in [6.07, 6.45) is 4.47. The minimum absolute atomic E-state index is 0.570. The fourth-order valence-electron chi connectivity index (χ4n) is 3.65. The third-order valence-electron chi connectivity index (χ3n) is 4.75. The first-order chi connectivity index (χ1) is 11.8. The highest BCUT2D eigenvalue weighted by molar-refractivity contribution is 5.96. The summed E-state index contributed by atoms with van der Waals surface area (Å²) in [5, 5.41) is 9.77. The highest BCUT2D eigenvalue weighted by Crippen LogP contribution is 2.35. The zero-order valence-electron chi connectivity index (χ0n) is 13.5. The van der Waals surface area contributed by atoms with Gasteiger partial charge in [-0.1, -0.05) is 35.9 Å². The molecule has 4 nitrogen and oxygen atoms in total. The van der Waals surface area contributed by atoms with E-state index in [1.807, 2.05) is 12.1 Å². The SMILES string of the molecule is Cc1cccc(-c2nnc(-c3cn4c5c(cccc35)CCC4)o2)c1. The molecule has 2 aromatic carbocycles. The van der Waals surface area contributed by atoms with Crippen molar-refractivity contribution < 1.29 is 4.42 Å². The molecule has 0 aliphatic carbocycles. The highest BCUT2D eigenvalue weighted by Gasteiger charge is 2.20. The average Bonchev–Trinajstić information content (AvgIpc) is 3.22. The molecule has 24 heavy (non-hydrogen) atoms. The minimum Gasteiger partial charge on any atom is -0.416 e. The van der Waals surface area contributed by atoms with Crippen LogP contribution in [-0.4, -0.2) is 14.8 Å². The average molecular weight is 315 g/mol. The molecule has 0 fully saturated rings. The Labute approximate surface area is 139 Å². The number of hydrogen-bond donors (Lipinski definition) is 0. The van der Waals surface area contributed by atoms with Gasteiger partial charge in [0.2, 0.25) is 11.8 Å². The molecule has 0 amide bonds. The number of para-hydroxylation sites is 1. The van der Waals surface area contributed by atoms with Crippen LogP contribution in [0.3, 0.4) is 0 Å². The van der Waals surface area contributed by atoms with Crippen molar-refractivity contribution in [3.05, 3.63) is 59.8 Å². The smallest absolute Gasteiger partial charge is 0.250 e. The molecule has 0 radical (unpaired) electrons. The topological polar surface area (TPSA) is 43.9 Å². The van der Waals surface area contributed by atoms with Crippen LogP contribution in [0.5, 0.6) is 0 Å². The predicted molar refractivity (Wildman–Crippen MR) is 93.7 cm³/mol. The molecular formula is C20H17N3O. The summed E-state index contributed by atoms with van der Waals surface area (Å²) in [7, 11) is 0. The van der Waals surface area contributed by atoms with E-state index in [-0.39, 0.29) is 0 Å². The molecule has 2 aromatic heterocycles. The van der Waals surface area contributed by atoms with Crippen LogP contribution in [-0.2, 0) is 13.0 Å². The van der Waals surface area contributed by atoms with E-state index >= 15 is 0 Å². The van der Waals surface area contributed by atoms with Crippen molar-refractivity contribution >= 4 is 10.9 Å². The van der Waals surface area contributed by atoms with Gasteiger partial charge in [-0.3, -0.25) is 0 Å². The normalized spacial score (nSPS) is 13.5. The van der Waals surface area contributed by atoms with Crippen molar-refractivity contribution in [1.29, 1.82) is 0 Å². The van der Waals surface area contributed by atoms with Gasteiger partial charge in [0.1, 0.15) is 0 Å². The van der Waals surface area contributed by atoms with Crippen molar-refractivity contribution in [3.8, 4) is 22.9 Å². The minimum atomic E-state index is 0.570. The maximum absolute atomic E-state index is 6.00. The molecule has 1 aliphatic heterocycles. The van der Waals surface area contributed by atoms with E-state index in [1.165, 1.54) is 28.5 Å². The zero-order chi connectivity index (χ0) is 16.1. The Morgan fingerprint density at radius 2 is 1.92 bits per heavy atom. The standard InChI is InChI=1S/C20H17N3O/c1-13-5-2-7-15(11-13)19-21-22-20(24-19)17-12-23-10-4-8-14-6-3-9-16(17)18(14)23/h2-3,5-7,9,11-12H,4,8,10H2,1H3. The zero-order valence-corrected chi connectivity index (χ0v) is 13.5. The van der Waals surface area contributed by atoms with E-state index in [1.54, 1.807) is 0 Å². The lowest BCUT2D eigenvalue weighted by Crippen LogP contribution is -2.05. The molecule has 0 atom stereocenters. The lowest BCUT2D eigenvalue weighted by atomic mass is 10.0. The van der Waals surface area contributed by atoms with Gasteiger partial charge in [-0.25, -0.2) is 0 Å². The number of aromatic nitrogens is 3. The highest BCUT2D eigenvalue weighted by atomic mass is 16.4. The van der Waals surface area contributed by atoms with Crippen molar-refractivity contribution in [2.45, 2.75) is 26.3 Å². The largest absolute Gasteiger partial charge is 0.416 e. The maximum atomic E-state index is 6.00. The van der Waals surface area contributed by atoms with Crippen LogP contribution >= 0.6 is 0 Å². The first-order valence-corrected chi connectivity index (χ1v) is 8.31. The Balaban J connectivity index is 1.66. The molecule has 0 bridgehead atoms. The van der Waals surface area contributed by atoms with E-state index < -0.39 is 0 Å². The van der Waals surface area contributed by atoms with E-state index in [4.69, 9.17) is 4.42 Å². The van der Waals surface area contributed by atoms with Gasteiger partial charge in [-0.05, 0) is 37.5 Å². The fourth-order valence-corrected chi connectivity index (χ4v) is 3.65. The van der Waals surface area contributed by atoms with Gasteiger partial charge in [0.05, 0.1) is 11.1 Å². The summed E-state index contributed by atoms with van der Waals surface area (Å²) in [5.41, 5.74) is 5.89. The van der Waals surface area contributed by atoms with Gasteiger partial charge in [-0.2, -0.15) is 0 Å². The molecule has 0 N–H and O–H groups in total. The molecular weight excluding hydrogens is 298 g/mol. The van der Waals surface area contributed by atoms with Gasteiger partial charge >= 0.3 is 0 Å². The second-order valence-corrected chi connectivity index (χ2v) is 6.43. The summed E-state index contributed by atoms with van der Waals surface area (Å²) in [6, 6.07) is 14.6. The predicted octanol–water partition coefficient (Wildman–Crippen LogP) is 4.61. The third-order valence-corrected chi connectivity index (χ3v) is 4.75. The molecule has 0 saturated heterocycles. The Morgan fingerprint density at radius 3 is 2.83 bits per heavy atom. The lowest BCUT2D eigenvalue weighted by molar-refractivity contribution is 0.584. The molecule has 3 heterocycles. The Bertz CT molecular complexity index is 1060. The number of aryl methyl sites for hydroxylation is 3. The first kappa shape index (κ1) is 13.5. The molecule has 118 valence electrons. The van der Waals surface area contributed by atoms with Gasteiger partial charge in [-0.15, -0.1) is 10.2 Å². The second-order valence-electron chi connectivity index (χ2n) is 6.43. The van der Waals surface area contributed by atoms with Crippen LogP contribution < -0.4 is 0 Å². The lowest BCUT2D eigenvalue weighted by Gasteiger charge is -2.14. The molecule has 4 aromatic rings. The van der Waals surface area contributed by atoms with Crippen molar-refractivity contribution in [1.82, 2.24) is 14.8 Å². The summed E-state index contributed by atoms with van der Waals surface area (Å²) >= 11 is 0. The number of rotatable bonds is 2. The molecule has 4 heteroatoms. The van der Waals surface area contributed by atoms with Crippen molar-refractivity contribution in [2.24, 2.45) is 0 Å². The summed E-state index contributed by atoms with van der Waals surface area (Å²) in [5.74, 6) is 1.16. The molecule has 0 unspecified atom stereocenters. The maximum Gasteiger partial charge on any atom is 0.250 e. The summed E-state index contributed by atoms with van der Waals surface area (Å²) < 4.78 is 8.32. The van der Waals surface area contributed by atoms with Crippen LogP contribution in [0, 0.1) is 6.92 Å². The van der Waals surface area contributed by atoms with E-state index in [9.17, 15) is 0 Å². The van der Waals surface area contributed by atoms with Crippen molar-refractivity contribution in [3.63, 3.8) is 0 Å². The van der Waals surface area contributed by atoms with Gasteiger partial charge in [0, 0.05) is 23.7 Å². The number of nitrogens with zero attached hydrogens (tertiary/aromatic N) is 3. The van der Waals surface area contributed by atoms with Gasteiger partial charge < -0.3 is 8.98 Å². The van der Waals surface area contributed by atoms with Crippen molar-refractivity contribution in [2.75, 3.05) is 0 Å². The summed E-state index contributed by atoms with van der Waals surface area (Å²) in [6.45, 7) is 3.11. The Hall–Kier alpha value is -2.88. The Kier molecular flexibility index (Phi) is 2.86. The van der Waals surface area contributed by atoms with E-state index in [0.29, 0.717) is 11.8 Å². The van der Waals surface area contributed by atoms with Gasteiger partial charge in [0.15, 0.2) is 0 Å². The summed E-state index contributed by atoms with van der Waals surface area (Å²) in [4.78, 5) is 0. The van der Waals surface area contributed by atoms with Crippen LogP contribution in [0.1, 0.15) is 17.5 Å². The second kappa shape index (κ2) is 5.06. The Morgan fingerprint density at radius 1 is 1.04 bits per heavy atom.